The largest absolute Gasteiger partial charge is 0.426 e. The van der Waals surface area contributed by atoms with Crippen molar-refractivity contribution in [3.63, 3.8) is 0 Å². The Kier molecular flexibility index (Phi) is 4.90. The van der Waals surface area contributed by atoms with Gasteiger partial charge in [0.25, 0.3) is 5.60 Å². The van der Waals surface area contributed by atoms with E-state index in [4.69, 9.17) is 5.11 Å². The van der Waals surface area contributed by atoms with Crippen LogP contribution in [0.2, 0.25) is 0 Å². The summed E-state index contributed by atoms with van der Waals surface area (Å²) in [6, 6.07) is 0. The highest BCUT2D eigenvalue weighted by Gasteiger charge is 2.70. The Hall–Kier alpha value is -0.460. The number of alkyl halides is 6. The minimum atomic E-state index is -5.71. The molecule has 0 spiro atoms. The number of halogens is 6. The van der Waals surface area contributed by atoms with E-state index in [9.17, 15) is 26.3 Å². The predicted molar refractivity (Wildman–Crippen MR) is 50.3 cm³/mol. The van der Waals surface area contributed by atoms with Gasteiger partial charge in [-0.25, -0.2) is 0 Å². The van der Waals surface area contributed by atoms with Crippen LogP contribution >= 0.6 is 0 Å². The summed E-state index contributed by atoms with van der Waals surface area (Å²) in [7, 11) is 0. The molecule has 0 aliphatic carbocycles. The van der Waals surface area contributed by atoms with E-state index in [1.807, 2.05) is 0 Å². The van der Waals surface area contributed by atoms with Crippen LogP contribution in [0.1, 0.15) is 33.6 Å². The van der Waals surface area contributed by atoms with Crippen molar-refractivity contribution in [3.8, 4) is 0 Å². The summed E-state index contributed by atoms with van der Waals surface area (Å²) in [5.41, 5.74) is -4.62. The molecule has 0 fully saturated rings. The SMILES string of the molecule is CC(C)C[C@H](C)CC(O)(C(F)(F)F)C(F)(F)F. The van der Waals surface area contributed by atoms with Gasteiger partial charge in [0.05, 0.1) is 0 Å². The maximum Gasteiger partial charge on any atom is 0.426 e. The molecule has 0 unspecified atom stereocenters. The lowest BCUT2D eigenvalue weighted by Crippen LogP contribution is -2.57. The van der Waals surface area contributed by atoms with Crippen molar-refractivity contribution in [3.05, 3.63) is 0 Å². The molecule has 0 saturated heterocycles. The maximum absolute atomic E-state index is 12.3. The third-order valence-corrected chi connectivity index (χ3v) is 2.46. The Morgan fingerprint density at radius 2 is 1.24 bits per heavy atom. The van der Waals surface area contributed by atoms with Crippen molar-refractivity contribution in [1.29, 1.82) is 0 Å². The Balaban J connectivity index is 4.99. The fourth-order valence-corrected chi connectivity index (χ4v) is 1.78. The van der Waals surface area contributed by atoms with E-state index in [-0.39, 0.29) is 12.3 Å². The highest BCUT2D eigenvalue weighted by atomic mass is 19.4. The molecule has 0 aromatic rings. The van der Waals surface area contributed by atoms with Gasteiger partial charge in [-0.05, 0) is 24.7 Å². The quantitative estimate of drug-likeness (QED) is 0.765. The second kappa shape index (κ2) is 5.04. The molecule has 7 heteroatoms. The first-order chi connectivity index (χ1) is 7.31. The fraction of sp³-hybridized carbons (Fsp3) is 1.00. The molecule has 1 N–H and O–H groups in total. The van der Waals surface area contributed by atoms with Gasteiger partial charge in [-0.3, -0.25) is 0 Å². The van der Waals surface area contributed by atoms with Crippen LogP contribution in [-0.4, -0.2) is 23.1 Å². The van der Waals surface area contributed by atoms with Crippen LogP contribution in [0.5, 0.6) is 0 Å². The average molecular weight is 266 g/mol. The van der Waals surface area contributed by atoms with Crippen LogP contribution < -0.4 is 0 Å². The molecule has 0 bridgehead atoms. The summed E-state index contributed by atoms with van der Waals surface area (Å²) >= 11 is 0. The van der Waals surface area contributed by atoms with E-state index < -0.39 is 30.3 Å². The van der Waals surface area contributed by atoms with Gasteiger partial charge in [-0.15, -0.1) is 0 Å². The second-order valence-electron chi connectivity index (χ2n) is 4.79. The molecule has 104 valence electrons. The lowest BCUT2D eigenvalue weighted by molar-refractivity contribution is -0.372. The number of rotatable bonds is 4. The van der Waals surface area contributed by atoms with Crippen LogP contribution in [0.3, 0.4) is 0 Å². The van der Waals surface area contributed by atoms with Crippen molar-refractivity contribution < 1.29 is 31.4 Å². The van der Waals surface area contributed by atoms with Gasteiger partial charge in [0.2, 0.25) is 0 Å². The minimum absolute atomic E-state index is 0.0317. The number of aliphatic hydroxyl groups is 1. The molecule has 0 saturated carbocycles. The van der Waals surface area contributed by atoms with E-state index in [0.717, 1.165) is 0 Å². The van der Waals surface area contributed by atoms with Crippen molar-refractivity contribution in [2.75, 3.05) is 0 Å². The molecule has 0 aliphatic rings. The van der Waals surface area contributed by atoms with E-state index >= 15 is 0 Å². The van der Waals surface area contributed by atoms with Crippen molar-refractivity contribution >= 4 is 0 Å². The third-order valence-electron chi connectivity index (χ3n) is 2.46. The third kappa shape index (κ3) is 4.04. The second-order valence-corrected chi connectivity index (χ2v) is 4.79. The van der Waals surface area contributed by atoms with Crippen molar-refractivity contribution in [2.24, 2.45) is 11.8 Å². The van der Waals surface area contributed by atoms with Crippen molar-refractivity contribution in [2.45, 2.75) is 51.6 Å². The van der Waals surface area contributed by atoms with Gasteiger partial charge in [-0.1, -0.05) is 20.8 Å². The first kappa shape index (κ1) is 16.5. The van der Waals surface area contributed by atoms with Gasteiger partial charge in [-0.2, -0.15) is 26.3 Å². The molecular weight excluding hydrogens is 250 g/mol. The van der Waals surface area contributed by atoms with Crippen LogP contribution in [-0.2, 0) is 0 Å². The monoisotopic (exact) mass is 266 g/mol. The Labute approximate surface area is 95.8 Å². The molecule has 0 aromatic carbocycles. The molecule has 0 radical (unpaired) electrons. The van der Waals surface area contributed by atoms with E-state index in [1.165, 1.54) is 6.92 Å². The smallest absolute Gasteiger partial charge is 0.374 e. The lowest BCUT2D eigenvalue weighted by atomic mass is 9.85. The minimum Gasteiger partial charge on any atom is -0.374 e. The summed E-state index contributed by atoms with van der Waals surface area (Å²) in [5.74, 6) is -0.904. The van der Waals surface area contributed by atoms with E-state index in [1.54, 1.807) is 13.8 Å². The Morgan fingerprint density at radius 1 is 0.882 bits per heavy atom. The lowest BCUT2D eigenvalue weighted by Gasteiger charge is -2.34. The summed E-state index contributed by atoms with van der Waals surface area (Å²) < 4.78 is 74.0. The van der Waals surface area contributed by atoms with Crippen LogP contribution in [0, 0.1) is 11.8 Å². The van der Waals surface area contributed by atoms with Gasteiger partial charge >= 0.3 is 12.4 Å². The topological polar surface area (TPSA) is 20.2 Å². The summed E-state index contributed by atoms with van der Waals surface area (Å²) in [5, 5.41) is 8.92. The molecule has 1 nitrogen and oxygen atoms in total. The van der Waals surface area contributed by atoms with Gasteiger partial charge in [0.15, 0.2) is 0 Å². The molecule has 1 atom stereocenters. The van der Waals surface area contributed by atoms with Crippen LogP contribution in [0.25, 0.3) is 0 Å². The zero-order chi connectivity index (χ0) is 14.1. The van der Waals surface area contributed by atoms with E-state index in [2.05, 4.69) is 0 Å². The van der Waals surface area contributed by atoms with Gasteiger partial charge < -0.3 is 5.11 Å². The number of hydrogen-bond acceptors (Lipinski definition) is 1. The maximum atomic E-state index is 12.3. The first-order valence-corrected chi connectivity index (χ1v) is 5.17. The highest BCUT2D eigenvalue weighted by molar-refractivity contribution is 4.94. The highest BCUT2D eigenvalue weighted by Crippen LogP contribution is 2.47. The van der Waals surface area contributed by atoms with Gasteiger partial charge in [0, 0.05) is 0 Å². The molecule has 17 heavy (non-hydrogen) atoms. The summed E-state index contributed by atoms with van der Waals surface area (Å²) in [4.78, 5) is 0. The molecule has 0 rings (SSSR count). The molecule has 0 aromatic heterocycles. The molecule has 0 heterocycles. The van der Waals surface area contributed by atoms with Crippen LogP contribution in [0.15, 0.2) is 0 Å². The molecule has 0 amide bonds. The first-order valence-electron chi connectivity index (χ1n) is 5.17. The Bertz CT molecular complexity index is 228. The number of hydrogen-bond donors (Lipinski definition) is 1. The Morgan fingerprint density at radius 3 is 1.47 bits per heavy atom. The normalized spacial score (nSPS) is 16.4. The van der Waals surface area contributed by atoms with Crippen LogP contribution in [0.4, 0.5) is 26.3 Å². The zero-order valence-electron chi connectivity index (χ0n) is 9.78. The zero-order valence-corrected chi connectivity index (χ0v) is 9.78. The predicted octanol–water partition coefficient (Wildman–Crippen LogP) is 3.91. The molecular formula is C10H16F6O. The summed E-state index contributed by atoms with van der Waals surface area (Å²) in [6.07, 6.45) is -12.6. The molecule has 0 aliphatic heterocycles. The van der Waals surface area contributed by atoms with Crippen molar-refractivity contribution in [1.82, 2.24) is 0 Å². The van der Waals surface area contributed by atoms with E-state index in [0.29, 0.717) is 0 Å². The standard InChI is InChI=1S/C10H16F6O/c1-6(2)4-7(3)5-8(17,9(11,12)13)10(14,15)16/h6-7,17H,4-5H2,1-3H3/t7-/m0/s1. The fourth-order valence-electron chi connectivity index (χ4n) is 1.78. The summed E-state index contributed by atoms with van der Waals surface area (Å²) in [6.45, 7) is 4.65. The average Bonchev–Trinajstić information content (AvgIpc) is 1.97. The van der Waals surface area contributed by atoms with Gasteiger partial charge in [0.1, 0.15) is 0 Å².